The summed E-state index contributed by atoms with van der Waals surface area (Å²) < 4.78 is 0. The molecule has 0 radical (unpaired) electrons. The van der Waals surface area contributed by atoms with Crippen molar-refractivity contribution in [1.29, 1.82) is 0 Å². The van der Waals surface area contributed by atoms with Crippen LogP contribution in [0.15, 0.2) is 29.3 Å². The van der Waals surface area contributed by atoms with E-state index in [1.807, 2.05) is 13.0 Å². The lowest BCUT2D eigenvalue weighted by Crippen LogP contribution is -2.17. The summed E-state index contributed by atoms with van der Waals surface area (Å²) in [5.41, 5.74) is 4.35. The molecule has 0 amide bonds. The zero-order valence-corrected chi connectivity index (χ0v) is 11.9. The molecule has 102 valence electrons. The minimum absolute atomic E-state index is 0.875. The number of pyridine rings is 1. The second-order valence-electron chi connectivity index (χ2n) is 5.01. The van der Waals surface area contributed by atoms with Crippen molar-refractivity contribution in [3.05, 3.63) is 35.7 Å². The number of nitrogens with zero attached hydrogens (tertiary/aromatic N) is 2. The molecule has 2 bridgehead atoms. The topological polar surface area (TPSA) is 37.3 Å². The van der Waals surface area contributed by atoms with E-state index in [1.54, 1.807) is 0 Å². The monoisotopic (exact) mass is 257 g/mol. The summed E-state index contributed by atoms with van der Waals surface area (Å²) in [7, 11) is 0. The molecule has 0 aromatic carbocycles. The molecule has 0 aliphatic carbocycles. The Morgan fingerprint density at radius 2 is 1.84 bits per heavy atom. The van der Waals surface area contributed by atoms with E-state index in [9.17, 15) is 0 Å². The largest absolute Gasteiger partial charge is 0.317 e. The summed E-state index contributed by atoms with van der Waals surface area (Å²) in [5.74, 6) is 0. The van der Waals surface area contributed by atoms with Gasteiger partial charge in [-0.25, -0.2) is 4.98 Å². The number of aromatic nitrogens is 1. The van der Waals surface area contributed by atoms with E-state index in [0.717, 1.165) is 49.6 Å². The molecule has 3 nitrogen and oxygen atoms in total. The van der Waals surface area contributed by atoms with Gasteiger partial charge in [-0.1, -0.05) is 12.1 Å². The van der Waals surface area contributed by atoms with Gasteiger partial charge in [-0.15, -0.1) is 0 Å². The highest BCUT2D eigenvalue weighted by Crippen LogP contribution is 2.13. The third-order valence-electron chi connectivity index (χ3n) is 3.39. The SMILES string of the molecule is CC1=NCCCNCCC/C=C(\C)c2cccc1n2. The standard InChI is InChI=1S/C16H23N3/c1-13-7-3-4-10-17-11-6-12-18-14(2)16-9-5-8-15(13)19-16/h5,7-9,17H,3-4,6,10-12H2,1-2H3/b13-7+,18-14?. The zero-order valence-electron chi connectivity index (χ0n) is 11.9. The second kappa shape index (κ2) is 7.19. The van der Waals surface area contributed by atoms with Gasteiger partial charge in [0.25, 0.3) is 0 Å². The number of hydrogen-bond acceptors (Lipinski definition) is 3. The fraction of sp³-hybridized carbons (Fsp3) is 0.500. The van der Waals surface area contributed by atoms with Crippen molar-refractivity contribution in [2.45, 2.75) is 33.1 Å². The average molecular weight is 257 g/mol. The van der Waals surface area contributed by atoms with Crippen molar-refractivity contribution >= 4 is 11.3 Å². The molecule has 0 unspecified atom stereocenters. The quantitative estimate of drug-likeness (QED) is 0.775. The van der Waals surface area contributed by atoms with Crippen LogP contribution in [0, 0.1) is 0 Å². The molecule has 2 heterocycles. The Labute approximate surface area is 115 Å². The number of nitrogens with one attached hydrogen (secondary N) is 1. The third-order valence-corrected chi connectivity index (χ3v) is 3.39. The molecule has 0 saturated heterocycles. The molecule has 0 saturated carbocycles. The Morgan fingerprint density at radius 1 is 1.05 bits per heavy atom. The van der Waals surface area contributed by atoms with E-state index in [4.69, 9.17) is 4.98 Å². The molecule has 0 fully saturated rings. The van der Waals surface area contributed by atoms with Crippen LogP contribution in [0.1, 0.15) is 44.5 Å². The summed E-state index contributed by atoms with van der Waals surface area (Å²) >= 11 is 0. The van der Waals surface area contributed by atoms with Crippen LogP contribution >= 0.6 is 0 Å². The Kier molecular flexibility index (Phi) is 5.28. The van der Waals surface area contributed by atoms with Crippen LogP contribution in [-0.4, -0.2) is 30.3 Å². The van der Waals surface area contributed by atoms with Gasteiger partial charge in [0.2, 0.25) is 0 Å². The molecule has 1 aliphatic rings. The van der Waals surface area contributed by atoms with Gasteiger partial charge in [0.05, 0.1) is 17.1 Å². The van der Waals surface area contributed by atoms with Gasteiger partial charge in [-0.2, -0.15) is 0 Å². The summed E-state index contributed by atoms with van der Waals surface area (Å²) in [6.07, 6.45) is 5.66. The molecule has 19 heavy (non-hydrogen) atoms. The maximum Gasteiger partial charge on any atom is 0.0844 e. The highest BCUT2D eigenvalue weighted by Gasteiger charge is 2.03. The molecular formula is C16H23N3. The van der Waals surface area contributed by atoms with E-state index < -0.39 is 0 Å². The number of fused-ring (bicyclic) bond motifs is 2. The Bertz CT molecular complexity index is 435. The predicted octanol–water partition coefficient (Wildman–Crippen LogP) is 3.07. The molecule has 3 heteroatoms. The Balaban J connectivity index is 2.25. The molecule has 1 aliphatic heterocycles. The highest BCUT2D eigenvalue weighted by atomic mass is 14.9. The van der Waals surface area contributed by atoms with E-state index in [1.165, 1.54) is 12.0 Å². The van der Waals surface area contributed by atoms with Crippen LogP contribution in [0.5, 0.6) is 0 Å². The number of rotatable bonds is 0. The third kappa shape index (κ3) is 4.28. The predicted molar refractivity (Wildman–Crippen MR) is 81.7 cm³/mol. The van der Waals surface area contributed by atoms with Crippen molar-refractivity contribution < 1.29 is 0 Å². The average Bonchev–Trinajstić information content (AvgIpc) is 2.44. The lowest BCUT2D eigenvalue weighted by atomic mass is 10.1. The van der Waals surface area contributed by atoms with Crippen molar-refractivity contribution in [2.75, 3.05) is 19.6 Å². The highest BCUT2D eigenvalue weighted by molar-refractivity contribution is 5.97. The van der Waals surface area contributed by atoms with Crippen LogP contribution in [0.3, 0.4) is 0 Å². The molecule has 0 spiro atoms. The lowest BCUT2D eigenvalue weighted by molar-refractivity contribution is 0.631. The first kappa shape index (κ1) is 13.9. The van der Waals surface area contributed by atoms with Gasteiger partial charge in [0, 0.05) is 6.54 Å². The first-order valence-electron chi connectivity index (χ1n) is 7.14. The summed E-state index contributed by atoms with van der Waals surface area (Å²) in [6, 6.07) is 6.19. The molecule has 1 aromatic rings. The number of allylic oxidation sites excluding steroid dienone is 2. The Morgan fingerprint density at radius 3 is 2.74 bits per heavy atom. The number of hydrogen-bond donors (Lipinski definition) is 1. The van der Waals surface area contributed by atoms with Crippen LogP contribution in [-0.2, 0) is 0 Å². The molecule has 1 aromatic heterocycles. The van der Waals surface area contributed by atoms with Gasteiger partial charge < -0.3 is 5.32 Å². The summed E-state index contributed by atoms with van der Waals surface area (Å²) in [4.78, 5) is 9.31. The van der Waals surface area contributed by atoms with E-state index in [2.05, 4.69) is 35.4 Å². The maximum atomic E-state index is 4.71. The van der Waals surface area contributed by atoms with Crippen molar-refractivity contribution in [3.8, 4) is 0 Å². The van der Waals surface area contributed by atoms with Gasteiger partial charge in [-0.05, 0) is 63.9 Å². The van der Waals surface area contributed by atoms with E-state index in [-0.39, 0.29) is 0 Å². The van der Waals surface area contributed by atoms with Gasteiger partial charge in [0.1, 0.15) is 0 Å². The smallest absolute Gasteiger partial charge is 0.0844 e. The lowest BCUT2D eigenvalue weighted by Gasteiger charge is -2.07. The van der Waals surface area contributed by atoms with E-state index >= 15 is 0 Å². The minimum atomic E-state index is 0.875. The van der Waals surface area contributed by atoms with Gasteiger partial charge in [-0.3, -0.25) is 4.99 Å². The molecule has 2 rings (SSSR count). The van der Waals surface area contributed by atoms with E-state index in [0.29, 0.717) is 0 Å². The summed E-state index contributed by atoms with van der Waals surface area (Å²) in [5, 5.41) is 3.46. The van der Waals surface area contributed by atoms with Crippen molar-refractivity contribution in [1.82, 2.24) is 10.3 Å². The summed E-state index contributed by atoms with van der Waals surface area (Å²) in [6.45, 7) is 7.19. The van der Waals surface area contributed by atoms with Crippen LogP contribution in [0.25, 0.3) is 5.57 Å². The fourth-order valence-corrected chi connectivity index (χ4v) is 2.16. The van der Waals surface area contributed by atoms with Crippen LogP contribution in [0.2, 0.25) is 0 Å². The van der Waals surface area contributed by atoms with Gasteiger partial charge in [0.15, 0.2) is 0 Å². The molecule has 0 atom stereocenters. The first-order valence-corrected chi connectivity index (χ1v) is 7.14. The molecule has 1 N–H and O–H groups in total. The second-order valence-corrected chi connectivity index (χ2v) is 5.01. The van der Waals surface area contributed by atoms with Crippen molar-refractivity contribution in [2.24, 2.45) is 4.99 Å². The fourth-order valence-electron chi connectivity index (χ4n) is 2.16. The minimum Gasteiger partial charge on any atom is -0.317 e. The first-order chi connectivity index (χ1) is 9.27. The molecular weight excluding hydrogens is 234 g/mol. The van der Waals surface area contributed by atoms with Crippen molar-refractivity contribution in [3.63, 3.8) is 0 Å². The van der Waals surface area contributed by atoms with Crippen LogP contribution < -0.4 is 5.32 Å². The normalized spacial score (nSPS) is 20.9. The van der Waals surface area contributed by atoms with Crippen LogP contribution in [0.4, 0.5) is 0 Å². The Hall–Kier alpha value is -1.48. The zero-order chi connectivity index (χ0) is 13.5. The number of aliphatic imine (C=N–C) groups is 1. The maximum absolute atomic E-state index is 4.71. The van der Waals surface area contributed by atoms with Gasteiger partial charge >= 0.3 is 0 Å².